The van der Waals surface area contributed by atoms with Crippen molar-refractivity contribution in [1.82, 2.24) is 10.3 Å². The van der Waals surface area contributed by atoms with Crippen molar-refractivity contribution >= 4 is 6.01 Å². The zero-order chi connectivity index (χ0) is 12.8. The van der Waals surface area contributed by atoms with E-state index in [2.05, 4.69) is 36.0 Å². The van der Waals surface area contributed by atoms with Crippen LogP contribution in [0.3, 0.4) is 0 Å². The number of nitrogens with one attached hydrogen (secondary N) is 1. The third-order valence-electron chi connectivity index (χ3n) is 3.99. The topological polar surface area (TPSA) is 41.3 Å². The Hall–Kier alpha value is -1.03. The Kier molecular flexibility index (Phi) is 2.85. The van der Waals surface area contributed by atoms with Crippen molar-refractivity contribution < 1.29 is 4.42 Å². The Morgan fingerprint density at radius 3 is 2.89 bits per heavy atom. The highest BCUT2D eigenvalue weighted by molar-refractivity contribution is 5.33. The number of piperidine rings is 1. The van der Waals surface area contributed by atoms with Crippen LogP contribution in [0.1, 0.15) is 45.7 Å². The van der Waals surface area contributed by atoms with Crippen LogP contribution in [0.5, 0.6) is 0 Å². The molecule has 2 fully saturated rings. The van der Waals surface area contributed by atoms with E-state index in [9.17, 15) is 0 Å². The lowest BCUT2D eigenvalue weighted by Gasteiger charge is -2.24. The minimum Gasteiger partial charge on any atom is -0.432 e. The lowest BCUT2D eigenvalue weighted by atomic mass is 10.1. The minimum absolute atomic E-state index is 0.117. The quantitative estimate of drug-likeness (QED) is 0.894. The molecule has 1 aromatic heterocycles. The molecule has 0 aromatic carbocycles. The van der Waals surface area contributed by atoms with Crippen LogP contribution < -0.4 is 10.2 Å². The van der Waals surface area contributed by atoms with Gasteiger partial charge in [-0.15, -0.1) is 0 Å². The maximum atomic E-state index is 5.64. The molecule has 100 valence electrons. The number of rotatable bonds is 3. The van der Waals surface area contributed by atoms with Crippen LogP contribution in [0.4, 0.5) is 6.01 Å². The molecule has 2 bridgehead atoms. The average Bonchev–Trinajstić information content (AvgIpc) is 3.01. The van der Waals surface area contributed by atoms with Crippen molar-refractivity contribution in [2.75, 3.05) is 11.4 Å². The van der Waals surface area contributed by atoms with Gasteiger partial charge in [-0.05, 0) is 46.0 Å². The van der Waals surface area contributed by atoms with Gasteiger partial charge < -0.3 is 14.6 Å². The maximum Gasteiger partial charge on any atom is 0.297 e. The molecule has 2 unspecified atom stereocenters. The van der Waals surface area contributed by atoms with Gasteiger partial charge in [-0.25, -0.2) is 0 Å². The van der Waals surface area contributed by atoms with Crippen LogP contribution in [0.25, 0.3) is 0 Å². The molecular weight excluding hydrogens is 226 g/mol. The van der Waals surface area contributed by atoms with Gasteiger partial charge in [0, 0.05) is 24.7 Å². The van der Waals surface area contributed by atoms with Gasteiger partial charge in [0.25, 0.3) is 6.01 Å². The van der Waals surface area contributed by atoms with E-state index in [1.54, 1.807) is 6.26 Å². The van der Waals surface area contributed by atoms with E-state index in [4.69, 9.17) is 4.42 Å². The second-order valence-electron chi connectivity index (χ2n) is 6.71. The normalized spacial score (nSPS) is 27.2. The fourth-order valence-electron chi connectivity index (χ4n) is 3.02. The molecule has 2 aliphatic rings. The lowest BCUT2D eigenvalue weighted by Crippen LogP contribution is -2.35. The average molecular weight is 249 g/mol. The van der Waals surface area contributed by atoms with Crippen LogP contribution in [0.2, 0.25) is 0 Å². The van der Waals surface area contributed by atoms with Crippen LogP contribution in [0.15, 0.2) is 10.7 Å². The summed E-state index contributed by atoms with van der Waals surface area (Å²) in [5.41, 5.74) is 1.12. The molecule has 4 nitrogen and oxygen atoms in total. The van der Waals surface area contributed by atoms with E-state index in [0.717, 1.165) is 30.7 Å². The molecule has 18 heavy (non-hydrogen) atoms. The standard InChI is InChI=1S/C14H23N3O/c1-14(2,3)15-7-11-9-18-13(16-11)17-8-10-4-5-12(17)6-10/h9-10,12,15H,4-8H2,1-3H3. The van der Waals surface area contributed by atoms with Gasteiger partial charge in [0.2, 0.25) is 0 Å². The third-order valence-corrected chi connectivity index (χ3v) is 3.99. The first-order valence-electron chi connectivity index (χ1n) is 6.97. The van der Waals surface area contributed by atoms with Gasteiger partial charge in [-0.2, -0.15) is 4.98 Å². The number of hydrogen-bond acceptors (Lipinski definition) is 4. The summed E-state index contributed by atoms with van der Waals surface area (Å²) in [6, 6.07) is 1.50. The summed E-state index contributed by atoms with van der Waals surface area (Å²) in [6.45, 7) is 8.39. The lowest BCUT2D eigenvalue weighted by molar-refractivity contribution is 0.421. The van der Waals surface area contributed by atoms with E-state index in [0.29, 0.717) is 6.04 Å². The van der Waals surface area contributed by atoms with Crippen LogP contribution in [0, 0.1) is 5.92 Å². The molecule has 0 radical (unpaired) electrons. The zero-order valence-corrected chi connectivity index (χ0v) is 11.6. The summed E-state index contributed by atoms with van der Waals surface area (Å²) in [6.07, 6.45) is 5.82. The smallest absolute Gasteiger partial charge is 0.297 e. The van der Waals surface area contributed by atoms with Crippen molar-refractivity contribution in [3.63, 3.8) is 0 Å². The van der Waals surface area contributed by atoms with Gasteiger partial charge in [-0.1, -0.05) is 0 Å². The summed E-state index contributed by atoms with van der Waals surface area (Å²) in [7, 11) is 0. The van der Waals surface area contributed by atoms with Crippen molar-refractivity contribution in [3.8, 4) is 0 Å². The number of fused-ring (bicyclic) bond motifs is 2. The molecule has 0 amide bonds. The summed E-state index contributed by atoms with van der Waals surface area (Å²) in [4.78, 5) is 6.97. The SMILES string of the molecule is CC(C)(C)NCc1coc(N2CC3CCC2C3)n1. The molecule has 2 atom stereocenters. The molecular formula is C14H23N3O. The van der Waals surface area contributed by atoms with Gasteiger partial charge in [0.05, 0.1) is 5.69 Å². The van der Waals surface area contributed by atoms with Gasteiger partial charge in [0.15, 0.2) is 0 Å². The molecule has 0 spiro atoms. The molecule has 1 aliphatic carbocycles. The summed E-state index contributed by atoms with van der Waals surface area (Å²) >= 11 is 0. The maximum absolute atomic E-state index is 5.64. The predicted molar refractivity (Wildman–Crippen MR) is 71.6 cm³/mol. The fourth-order valence-corrected chi connectivity index (χ4v) is 3.02. The van der Waals surface area contributed by atoms with Crippen molar-refractivity contribution in [2.24, 2.45) is 5.92 Å². The first kappa shape index (κ1) is 12.0. The molecule has 1 N–H and O–H groups in total. The molecule has 1 aromatic rings. The van der Waals surface area contributed by atoms with E-state index in [1.807, 2.05) is 0 Å². The van der Waals surface area contributed by atoms with E-state index in [1.165, 1.54) is 19.3 Å². The number of aromatic nitrogens is 1. The number of hydrogen-bond donors (Lipinski definition) is 1. The Balaban J connectivity index is 1.63. The second kappa shape index (κ2) is 4.26. The molecule has 1 aliphatic heterocycles. The Morgan fingerprint density at radius 2 is 2.28 bits per heavy atom. The summed E-state index contributed by atoms with van der Waals surface area (Å²) in [5, 5.41) is 3.44. The molecule has 1 saturated heterocycles. The minimum atomic E-state index is 0.117. The summed E-state index contributed by atoms with van der Waals surface area (Å²) < 4.78 is 5.64. The second-order valence-corrected chi connectivity index (χ2v) is 6.71. The highest BCUT2D eigenvalue weighted by Crippen LogP contribution is 2.39. The van der Waals surface area contributed by atoms with Crippen LogP contribution >= 0.6 is 0 Å². The first-order valence-corrected chi connectivity index (χ1v) is 6.97. The first-order chi connectivity index (χ1) is 8.51. The Morgan fingerprint density at radius 1 is 1.44 bits per heavy atom. The zero-order valence-electron chi connectivity index (χ0n) is 11.6. The molecule has 4 heteroatoms. The monoisotopic (exact) mass is 249 g/mol. The number of anilines is 1. The van der Waals surface area contributed by atoms with Crippen LogP contribution in [-0.2, 0) is 6.54 Å². The van der Waals surface area contributed by atoms with Gasteiger partial charge in [-0.3, -0.25) is 0 Å². The Bertz CT molecular complexity index is 421. The Labute approximate surface area is 109 Å². The third kappa shape index (κ3) is 2.39. The molecule has 2 heterocycles. The van der Waals surface area contributed by atoms with Crippen LogP contribution in [-0.4, -0.2) is 23.1 Å². The fraction of sp³-hybridized carbons (Fsp3) is 0.786. The van der Waals surface area contributed by atoms with E-state index in [-0.39, 0.29) is 5.54 Å². The number of nitrogens with zero attached hydrogens (tertiary/aromatic N) is 2. The largest absolute Gasteiger partial charge is 0.432 e. The highest BCUT2D eigenvalue weighted by atomic mass is 16.4. The summed E-state index contributed by atoms with van der Waals surface area (Å²) in [5.74, 6) is 0.873. The van der Waals surface area contributed by atoms with Crippen molar-refractivity contribution in [1.29, 1.82) is 0 Å². The van der Waals surface area contributed by atoms with Crippen molar-refractivity contribution in [3.05, 3.63) is 12.0 Å². The highest BCUT2D eigenvalue weighted by Gasteiger charge is 2.39. The molecule has 1 saturated carbocycles. The van der Waals surface area contributed by atoms with Gasteiger partial charge in [0.1, 0.15) is 6.26 Å². The van der Waals surface area contributed by atoms with Gasteiger partial charge >= 0.3 is 0 Å². The number of oxazole rings is 1. The molecule has 3 rings (SSSR count). The predicted octanol–water partition coefficient (Wildman–Crippen LogP) is 2.55. The van der Waals surface area contributed by atoms with E-state index >= 15 is 0 Å². The van der Waals surface area contributed by atoms with Crippen molar-refractivity contribution in [2.45, 2.75) is 58.2 Å². The van der Waals surface area contributed by atoms with E-state index < -0.39 is 0 Å².